The van der Waals surface area contributed by atoms with E-state index in [9.17, 15) is 19.7 Å². The number of nitro groups is 1. The molecule has 0 saturated heterocycles. The van der Waals surface area contributed by atoms with Gasteiger partial charge in [-0.25, -0.2) is 0 Å². The Labute approximate surface area is 215 Å². The van der Waals surface area contributed by atoms with Crippen molar-refractivity contribution in [3.05, 3.63) is 61.5 Å². The zero-order valence-corrected chi connectivity index (χ0v) is 21.5. The number of anilines is 1. The molecule has 192 valence electrons. The van der Waals surface area contributed by atoms with Gasteiger partial charge in [0.1, 0.15) is 5.00 Å². The Morgan fingerprint density at radius 2 is 1.89 bits per heavy atom. The normalized spacial score (nSPS) is 19.9. The van der Waals surface area contributed by atoms with Crippen molar-refractivity contribution in [1.82, 2.24) is 10.6 Å². The van der Waals surface area contributed by atoms with Crippen LogP contribution in [0.4, 0.5) is 5.00 Å². The second-order valence-corrected chi connectivity index (χ2v) is 11.7. The monoisotopic (exact) mass is 510 g/mol. The number of hydrogen-bond acceptors (Lipinski definition) is 6. The summed E-state index contributed by atoms with van der Waals surface area (Å²) in [4.78, 5) is 38.1. The molecule has 0 spiro atoms. The molecule has 8 nitrogen and oxygen atoms in total. The van der Waals surface area contributed by atoms with Crippen molar-refractivity contribution < 1.29 is 14.5 Å². The highest BCUT2D eigenvalue weighted by Gasteiger charge is 2.35. The maximum Gasteiger partial charge on any atom is 0.254 e. The average Bonchev–Trinajstić information content (AvgIpc) is 3.75. The number of nitrogens with zero attached hydrogens (tertiary/aromatic N) is 1. The van der Waals surface area contributed by atoms with Crippen LogP contribution in [0.3, 0.4) is 0 Å². The molecule has 1 heterocycles. The zero-order chi connectivity index (χ0) is 25.2. The number of nitrogens with one attached hydrogen (secondary N) is 3. The van der Waals surface area contributed by atoms with E-state index < -0.39 is 0 Å². The first-order valence-electron chi connectivity index (χ1n) is 13.0. The van der Waals surface area contributed by atoms with E-state index in [0.29, 0.717) is 35.9 Å². The summed E-state index contributed by atoms with van der Waals surface area (Å²) in [5.41, 5.74) is 3.81. The summed E-state index contributed by atoms with van der Waals surface area (Å²) in [5, 5.41) is 21.7. The van der Waals surface area contributed by atoms with Crippen LogP contribution >= 0.6 is 11.3 Å². The summed E-state index contributed by atoms with van der Waals surface area (Å²) < 4.78 is 0. The Bertz CT molecular complexity index is 1140. The van der Waals surface area contributed by atoms with Crippen LogP contribution in [0, 0.1) is 28.9 Å². The molecule has 2 amide bonds. The summed E-state index contributed by atoms with van der Waals surface area (Å²) in [7, 11) is 0. The summed E-state index contributed by atoms with van der Waals surface area (Å²) in [6.45, 7) is 2.54. The second kappa shape index (κ2) is 10.7. The number of hydrogen-bond donors (Lipinski definition) is 3. The van der Waals surface area contributed by atoms with Crippen LogP contribution in [0.25, 0.3) is 0 Å². The molecule has 2 unspecified atom stereocenters. The molecule has 2 atom stereocenters. The number of thiophene rings is 1. The van der Waals surface area contributed by atoms with Gasteiger partial charge in [0.05, 0.1) is 11.6 Å². The molecular formula is C27H34N4O4S. The van der Waals surface area contributed by atoms with Crippen LogP contribution in [-0.4, -0.2) is 41.9 Å². The molecule has 1 aromatic carbocycles. The molecule has 2 saturated carbocycles. The van der Waals surface area contributed by atoms with Crippen molar-refractivity contribution in [1.29, 1.82) is 0 Å². The first-order valence-corrected chi connectivity index (χ1v) is 13.8. The third kappa shape index (κ3) is 6.31. The van der Waals surface area contributed by atoms with E-state index in [1.165, 1.54) is 11.3 Å². The van der Waals surface area contributed by atoms with Crippen LogP contribution in [0.1, 0.15) is 64.0 Å². The number of rotatable bonds is 11. The van der Waals surface area contributed by atoms with Crippen molar-refractivity contribution >= 4 is 28.2 Å². The maximum atomic E-state index is 13.3. The molecule has 0 bridgehead atoms. The van der Waals surface area contributed by atoms with Crippen LogP contribution in [-0.2, 0) is 24.1 Å². The highest BCUT2D eigenvalue weighted by molar-refractivity contribution is 7.17. The molecule has 9 heteroatoms. The number of carbonyl (C=O) groups excluding carboxylic acids is 2. The Morgan fingerprint density at radius 3 is 2.56 bits per heavy atom. The Hall–Kier alpha value is -2.78. The first kappa shape index (κ1) is 24.9. The Kier molecular flexibility index (Phi) is 7.39. The number of carbonyl (C=O) groups is 2. The number of amides is 2. The first-order chi connectivity index (χ1) is 17.4. The number of aryl methyl sites for hydroxylation is 2. The van der Waals surface area contributed by atoms with Gasteiger partial charge in [0, 0.05) is 28.3 Å². The Morgan fingerprint density at radius 1 is 1.14 bits per heavy atom. The SMILES string of the molecule is Cc1ccc(CC(C[N+](=O)[O-])NC2CCc3sc(NC(=O)C4CC4)c(C(=O)NCC4CC4)c3C2)cc1. The van der Waals surface area contributed by atoms with Crippen molar-refractivity contribution in [3.63, 3.8) is 0 Å². The van der Waals surface area contributed by atoms with Gasteiger partial charge in [-0.1, -0.05) is 29.8 Å². The van der Waals surface area contributed by atoms with Crippen molar-refractivity contribution in [2.45, 2.75) is 70.4 Å². The van der Waals surface area contributed by atoms with Gasteiger partial charge in [-0.15, -0.1) is 11.3 Å². The molecule has 3 N–H and O–H groups in total. The highest BCUT2D eigenvalue weighted by atomic mass is 32.1. The van der Waals surface area contributed by atoms with Gasteiger partial charge in [-0.2, -0.15) is 0 Å². The summed E-state index contributed by atoms with van der Waals surface area (Å²) in [6.07, 6.45) is 6.95. The van der Waals surface area contributed by atoms with Gasteiger partial charge in [0.25, 0.3) is 5.91 Å². The van der Waals surface area contributed by atoms with Crippen LogP contribution in [0.15, 0.2) is 24.3 Å². The predicted octanol–water partition coefficient (Wildman–Crippen LogP) is 3.88. The largest absolute Gasteiger partial charge is 0.352 e. The summed E-state index contributed by atoms with van der Waals surface area (Å²) in [6, 6.07) is 7.85. The van der Waals surface area contributed by atoms with Gasteiger partial charge < -0.3 is 16.0 Å². The lowest BCUT2D eigenvalue weighted by Crippen LogP contribution is -2.46. The lowest BCUT2D eigenvalue weighted by molar-refractivity contribution is -0.483. The van der Waals surface area contributed by atoms with E-state index in [2.05, 4.69) is 16.0 Å². The van der Waals surface area contributed by atoms with E-state index in [0.717, 1.165) is 60.1 Å². The lowest BCUT2D eigenvalue weighted by Gasteiger charge is -2.27. The molecule has 5 rings (SSSR count). The minimum absolute atomic E-state index is 0.00339. The molecule has 0 aliphatic heterocycles. The quantitative estimate of drug-likeness (QED) is 0.314. The van der Waals surface area contributed by atoms with E-state index in [1.54, 1.807) is 0 Å². The fraction of sp³-hybridized carbons (Fsp3) is 0.556. The topological polar surface area (TPSA) is 113 Å². The minimum atomic E-state index is -0.297. The molecule has 3 aliphatic carbocycles. The number of fused-ring (bicyclic) bond motifs is 1. The van der Waals surface area contributed by atoms with E-state index in [-0.39, 0.29) is 41.3 Å². The van der Waals surface area contributed by atoms with Crippen LogP contribution in [0.5, 0.6) is 0 Å². The average molecular weight is 511 g/mol. The third-order valence-electron chi connectivity index (χ3n) is 7.36. The van der Waals surface area contributed by atoms with Gasteiger partial charge in [0.15, 0.2) is 0 Å². The smallest absolute Gasteiger partial charge is 0.254 e. The molecule has 2 aromatic rings. The molecule has 3 aliphatic rings. The van der Waals surface area contributed by atoms with Gasteiger partial charge >= 0.3 is 0 Å². The third-order valence-corrected chi connectivity index (χ3v) is 8.57. The van der Waals surface area contributed by atoms with Gasteiger partial charge in [0.2, 0.25) is 12.5 Å². The maximum absolute atomic E-state index is 13.3. The fourth-order valence-electron chi connectivity index (χ4n) is 4.96. The van der Waals surface area contributed by atoms with E-state index in [4.69, 9.17) is 0 Å². The fourth-order valence-corrected chi connectivity index (χ4v) is 6.20. The molecular weight excluding hydrogens is 476 g/mol. The van der Waals surface area contributed by atoms with E-state index >= 15 is 0 Å². The van der Waals surface area contributed by atoms with Crippen LogP contribution in [0.2, 0.25) is 0 Å². The molecule has 36 heavy (non-hydrogen) atoms. The predicted molar refractivity (Wildman–Crippen MR) is 140 cm³/mol. The summed E-state index contributed by atoms with van der Waals surface area (Å²) >= 11 is 1.52. The molecule has 1 aromatic heterocycles. The number of benzene rings is 1. The standard InChI is InChI=1S/C27H34N4O4S/c1-16-2-4-17(5-3-16)12-21(15-31(34)35)29-20-10-11-23-22(13-20)24(26(33)28-14-18-6-7-18)27(36-23)30-25(32)19-8-9-19/h2-5,18-21,29H,6-15H2,1H3,(H,28,33)(H,30,32). The Balaban J connectivity index is 1.33. The zero-order valence-electron chi connectivity index (χ0n) is 20.7. The highest BCUT2D eigenvalue weighted by Crippen LogP contribution is 2.40. The van der Waals surface area contributed by atoms with Crippen LogP contribution < -0.4 is 16.0 Å². The minimum Gasteiger partial charge on any atom is -0.352 e. The van der Waals surface area contributed by atoms with Crippen molar-refractivity contribution in [2.75, 3.05) is 18.4 Å². The van der Waals surface area contributed by atoms with Gasteiger partial charge in [-0.05, 0) is 75.3 Å². The lowest BCUT2D eigenvalue weighted by atomic mass is 9.90. The van der Waals surface area contributed by atoms with E-state index in [1.807, 2.05) is 31.2 Å². The second-order valence-electron chi connectivity index (χ2n) is 10.6. The van der Waals surface area contributed by atoms with Crippen molar-refractivity contribution in [2.24, 2.45) is 11.8 Å². The van der Waals surface area contributed by atoms with Crippen molar-refractivity contribution in [3.8, 4) is 0 Å². The molecule has 2 fully saturated rings. The summed E-state index contributed by atoms with van der Waals surface area (Å²) in [5.74, 6) is 0.508. The van der Waals surface area contributed by atoms with Gasteiger partial charge in [-0.3, -0.25) is 19.7 Å². The molecule has 0 radical (unpaired) electrons.